The molecule has 0 aliphatic heterocycles. The van der Waals surface area contributed by atoms with E-state index in [1.165, 1.54) is 7.11 Å². The Balaban J connectivity index is 1.91. The molecule has 1 fully saturated rings. The van der Waals surface area contributed by atoms with Crippen molar-refractivity contribution >= 4 is 11.7 Å². The van der Waals surface area contributed by atoms with Crippen molar-refractivity contribution in [3.8, 4) is 0 Å². The predicted octanol–water partition coefficient (Wildman–Crippen LogP) is 2.05. The number of hydrogen-bond donors (Lipinski definition) is 1. The van der Waals surface area contributed by atoms with E-state index < -0.39 is 0 Å². The summed E-state index contributed by atoms with van der Waals surface area (Å²) < 4.78 is 4.79. The summed E-state index contributed by atoms with van der Waals surface area (Å²) in [7, 11) is 1.45. The standard InChI is InChI=1S/C12H15NO2/c1-15-11(14)12(7-8-12)9-13-10-5-3-2-4-6-10/h2-6,13H,7-9H2,1H3. The average molecular weight is 205 g/mol. The zero-order chi connectivity index (χ0) is 10.7. The van der Waals surface area contributed by atoms with Crippen LogP contribution in [0.1, 0.15) is 12.8 Å². The van der Waals surface area contributed by atoms with Crippen LogP contribution in [0.2, 0.25) is 0 Å². The van der Waals surface area contributed by atoms with E-state index in [0.717, 1.165) is 18.5 Å². The molecule has 0 saturated heterocycles. The van der Waals surface area contributed by atoms with Gasteiger partial charge in [-0.1, -0.05) is 18.2 Å². The Morgan fingerprint density at radius 2 is 2.07 bits per heavy atom. The number of esters is 1. The van der Waals surface area contributed by atoms with Gasteiger partial charge < -0.3 is 10.1 Å². The zero-order valence-corrected chi connectivity index (χ0v) is 8.82. The van der Waals surface area contributed by atoms with Crippen molar-refractivity contribution in [2.75, 3.05) is 19.0 Å². The summed E-state index contributed by atoms with van der Waals surface area (Å²) in [6.45, 7) is 0.670. The maximum absolute atomic E-state index is 11.5. The van der Waals surface area contributed by atoms with Gasteiger partial charge in [0.25, 0.3) is 0 Å². The van der Waals surface area contributed by atoms with Crippen LogP contribution in [-0.4, -0.2) is 19.6 Å². The van der Waals surface area contributed by atoms with Crippen LogP contribution < -0.4 is 5.32 Å². The second-order valence-corrected chi connectivity index (χ2v) is 3.99. The number of anilines is 1. The highest BCUT2D eigenvalue weighted by molar-refractivity contribution is 5.80. The quantitative estimate of drug-likeness (QED) is 0.764. The lowest BCUT2D eigenvalue weighted by molar-refractivity contribution is -0.146. The lowest BCUT2D eigenvalue weighted by atomic mass is 10.1. The number of ether oxygens (including phenoxy) is 1. The van der Waals surface area contributed by atoms with E-state index in [1.54, 1.807) is 0 Å². The molecule has 0 unspecified atom stereocenters. The minimum atomic E-state index is -0.259. The fraction of sp³-hybridized carbons (Fsp3) is 0.417. The van der Waals surface area contributed by atoms with Crippen molar-refractivity contribution in [1.29, 1.82) is 0 Å². The van der Waals surface area contributed by atoms with Gasteiger partial charge in [-0.2, -0.15) is 0 Å². The molecule has 3 nitrogen and oxygen atoms in total. The molecule has 15 heavy (non-hydrogen) atoms. The summed E-state index contributed by atoms with van der Waals surface area (Å²) in [6, 6.07) is 9.90. The Hall–Kier alpha value is -1.51. The van der Waals surface area contributed by atoms with Crippen molar-refractivity contribution in [2.24, 2.45) is 5.41 Å². The van der Waals surface area contributed by atoms with Gasteiger partial charge in [0.05, 0.1) is 12.5 Å². The zero-order valence-electron chi connectivity index (χ0n) is 8.82. The molecule has 0 heterocycles. The Kier molecular flexibility index (Phi) is 2.62. The number of methoxy groups -OCH3 is 1. The molecule has 0 amide bonds. The molecule has 1 saturated carbocycles. The highest BCUT2D eigenvalue weighted by atomic mass is 16.5. The molecule has 80 valence electrons. The first-order chi connectivity index (χ1) is 7.27. The van der Waals surface area contributed by atoms with Crippen molar-refractivity contribution in [1.82, 2.24) is 0 Å². The molecular weight excluding hydrogens is 190 g/mol. The second kappa shape index (κ2) is 3.93. The summed E-state index contributed by atoms with van der Waals surface area (Å²) in [6.07, 6.45) is 1.86. The number of rotatable bonds is 4. The molecule has 1 N–H and O–H groups in total. The number of carbonyl (C=O) groups excluding carboxylic acids is 1. The SMILES string of the molecule is COC(=O)C1(CNc2ccccc2)CC1. The molecular formula is C12H15NO2. The first kappa shape index (κ1) is 10.0. The summed E-state index contributed by atoms with van der Waals surface area (Å²) in [5.74, 6) is -0.0917. The Morgan fingerprint density at radius 1 is 1.40 bits per heavy atom. The van der Waals surface area contributed by atoms with Crippen LogP contribution in [0.4, 0.5) is 5.69 Å². The maximum Gasteiger partial charge on any atom is 0.313 e. The summed E-state index contributed by atoms with van der Waals surface area (Å²) >= 11 is 0. The first-order valence-electron chi connectivity index (χ1n) is 5.14. The third-order valence-electron chi connectivity index (χ3n) is 2.88. The Morgan fingerprint density at radius 3 is 2.60 bits per heavy atom. The number of nitrogens with one attached hydrogen (secondary N) is 1. The molecule has 1 aromatic carbocycles. The van der Waals surface area contributed by atoms with Gasteiger partial charge in [0, 0.05) is 12.2 Å². The van der Waals surface area contributed by atoms with Gasteiger partial charge in [-0.15, -0.1) is 0 Å². The predicted molar refractivity (Wildman–Crippen MR) is 58.6 cm³/mol. The number of para-hydroxylation sites is 1. The molecule has 0 radical (unpaired) electrons. The third-order valence-corrected chi connectivity index (χ3v) is 2.88. The van der Waals surface area contributed by atoms with Crippen molar-refractivity contribution in [2.45, 2.75) is 12.8 Å². The van der Waals surface area contributed by atoms with Crippen LogP contribution in [0.15, 0.2) is 30.3 Å². The second-order valence-electron chi connectivity index (χ2n) is 3.99. The summed E-state index contributed by atoms with van der Waals surface area (Å²) in [5.41, 5.74) is 0.789. The van der Waals surface area contributed by atoms with Gasteiger partial charge in [0.2, 0.25) is 0 Å². The van der Waals surface area contributed by atoms with E-state index in [1.807, 2.05) is 30.3 Å². The van der Waals surface area contributed by atoms with Crippen LogP contribution in [0.3, 0.4) is 0 Å². The van der Waals surface area contributed by atoms with E-state index in [-0.39, 0.29) is 11.4 Å². The topological polar surface area (TPSA) is 38.3 Å². The summed E-state index contributed by atoms with van der Waals surface area (Å²) in [5, 5.41) is 3.26. The normalized spacial score (nSPS) is 16.9. The minimum Gasteiger partial charge on any atom is -0.469 e. The van der Waals surface area contributed by atoms with Gasteiger partial charge in [-0.05, 0) is 25.0 Å². The van der Waals surface area contributed by atoms with E-state index in [0.29, 0.717) is 6.54 Å². The molecule has 1 aliphatic rings. The molecule has 0 spiro atoms. The number of carbonyl (C=O) groups is 1. The largest absolute Gasteiger partial charge is 0.469 e. The van der Waals surface area contributed by atoms with Gasteiger partial charge in [0.1, 0.15) is 0 Å². The molecule has 0 aromatic heterocycles. The molecule has 1 aliphatic carbocycles. The van der Waals surface area contributed by atoms with Gasteiger partial charge >= 0.3 is 5.97 Å². The van der Waals surface area contributed by atoms with Crippen molar-refractivity contribution in [3.63, 3.8) is 0 Å². The monoisotopic (exact) mass is 205 g/mol. The number of benzene rings is 1. The fourth-order valence-electron chi connectivity index (χ4n) is 1.65. The van der Waals surface area contributed by atoms with Crippen LogP contribution in [0.5, 0.6) is 0 Å². The van der Waals surface area contributed by atoms with E-state index in [4.69, 9.17) is 4.74 Å². The Labute approximate surface area is 89.4 Å². The molecule has 2 rings (SSSR count). The van der Waals surface area contributed by atoms with Gasteiger partial charge in [-0.25, -0.2) is 0 Å². The van der Waals surface area contributed by atoms with Crippen LogP contribution in [0, 0.1) is 5.41 Å². The molecule has 0 atom stereocenters. The Bertz CT molecular complexity index is 344. The highest BCUT2D eigenvalue weighted by Gasteiger charge is 2.50. The van der Waals surface area contributed by atoms with E-state index in [9.17, 15) is 4.79 Å². The molecule has 0 bridgehead atoms. The lowest BCUT2D eigenvalue weighted by Crippen LogP contribution is -2.25. The average Bonchev–Trinajstić information content (AvgIpc) is 3.08. The van der Waals surface area contributed by atoms with Crippen molar-refractivity contribution < 1.29 is 9.53 Å². The smallest absolute Gasteiger partial charge is 0.313 e. The number of hydrogen-bond acceptors (Lipinski definition) is 3. The third kappa shape index (κ3) is 2.12. The molecule has 3 heteroatoms. The van der Waals surface area contributed by atoms with Crippen LogP contribution in [-0.2, 0) is 9.53 Å². The van der Waals surface area contributed by atoms with Gasteiger partial charge in [-0.3, -0.25) is 4.79 Å². The first-order valence-corrected chi connectivity index (χ1v) is 5.14. The van der Waals surface area contributed by atoms with Crippen molar-refractivity contribution in [3.05, 3.63) is 30.3 Å². The van der Waals surface area contributed by atoms with Gasteiger partial charge in [0.15, 0.2) is 0 Å². The van der Waals surface area contributed by atoms with Crippen LogP contribution >= 0.6 is 0 Å². The highest BCUT2D eigenvalue weighted by Crippen LogP contribution is 2.46. The molecule has 1 aromatic rings. The van der Waals surface area contributed by atoms with E-state index >= 15 is 0 Å². The lowest BCUT2D eigenvalue weighted by Gasteiger charge is -2.14. The fourth-order valence-corrected chi connectivity index (χ4v) is 1.65. The van der Waals surface area contributed by atoms with Crippen LogP contribution in [0.25, 0.3) is 0 Å². The minimum absolute atomic E-state index is 0.0917. The maximum atomic E-state index is 11.5. The summed E-state index contributed by atoms with van der Waals surface area (Å²) in [4.78, 5) is 11.5. The van der Waals surface area contributed by atoms with E-state index in [2.05, 4.69) is 5.32 Å².